The van der Waals surface area contributed by atoms with Crippen LogP contribution in [-0.2, 0) is 0 Å². The van der Waals surface area contributed by atoms with E-state index in [0.717, 1.165) is 24.0 Å². The molecule has 18 heavy (non-hydrogen) atoms. The molecule has 2 fully saturated rings. The van der Waals surface area contributed by atoms with Crippen LogP contribution in [0.3, 0.4) is 0 Å². The second-order valence-electron chi connectivity index (χ2n) is 6.58. The first-order valence-electron chi connectivity index (χ1n) is 8.23. The molecule has 4 atom stereocenters. The van der Waals surface area contributed by atoms with Gasteiger partial charge in [-0.05, 0) is 31.6 Å². The number of nitrogens with zero attached hydrogens (tertiary/aromatic N) is 1. The van der Waals surface area contributed by atoms with Gasteiger partial charge in [0.05, 0.1) is 0 Å². The van der Waals surface area contributed by atoms with Crippen molar-refractivity contribution >= 4 is 0 Å². The van der Waals surface area contributed by atoms with E-state index in [-0.39, 0.29) is 0 Å². The standard InChI is InChI=1S/C16H32N2/c1-4-7-14-12-18(15(5-2)11-17-14)16-9-6-8-13(3)10-16/h13-17H,4-12H2,1-3H3. The molecule has 106 valence electrons. The normalized spacial score (nSPS) is 38.8. The van der Waals surface area contributed by atoms with Crippen molar-refractivity contribution in [3.63, 3.8) is 0 Å². The summed E-state index contributed by atoms with van der Waals surface area (Å²) in [5.74, 6) is 0.945. The minimum Gasteiger partial charge on any atom is -0.311 e. The van der Waals surface area contributed by atoms with Gasteiger partial charge >= 0.3 is 0 Å². The summed E-state index contributed by atoms with van der Waals surface area (Å²) in [6.45, 7) is 9.61. The first-order chi connectivity index (χ1) is 8.74. The van der Waals surface area contributed by atoms with Crippen molar-refractivity contribution in [3.8, 4) is 0 Å². The number of nitrogens with one attached hydrogen (secondary N) is 1. The maximum absolute atomic E-state index is 3.76. The molecule has 0 bridgehead atoms. The van der Waals surface area contributed by atoms with Crippen molar-refractivity contribution < 1.29 is 0 Å². The third kappa shape index (κ3) is 3.48. The molecule has 0 aromatic rings. The van der Waals surface area contributed by atoms with E-state index < -0.39 is 0 Å². The average molecular weight is 252 g/mol. The Bertz CT molecular complexity index is 241. The Morgan fingerprint density at radius 2 is 2.06 bits per heavy atom. The van der Waals surface area contributed by atoms with E-state index in [1.165, 1.54) is 58.0 Å². The number of rotatable bonds is 4. The lowest BCUT2D eigenvalue weighted by atomic mass is 9.84. The van der Waals surface area contributed by atoms with Crippen LogP contribution in [0.25, 0.3) is 0 Å². The summed E-state index contributed by atoms with van der Waals surface area (Å²) in [6.07, 6.45) is 9.74. The van der Waals surface area contributed by atoms with Crippen LogP contribution in [0, 0.1) is 5.92 Å². The molecule has 4 unspecified atom stereocenters. The topological polar surface area (TPSA) is 15.3 Å². The zero-order valence-electron chi connectivity index (χ0n) is 12.6. The fourth-order valence-electron chi connectivity index (χ4n) is 3.96. The molecule has 0 amide bonds. The Hall–Kier alpha value is -0.0800. The smallest absolute Gasteiger partial charge is 0.0221 e. The molecule has 0 aromatic carbocycles. The number of piperazine rings is 1. The van der Waals surface area contributed by atoms with Crippen LogP contribution >= 0.6 is 0 Å². The average Bonchev–Trinajstić information content (AvgIpc) is 2.39. The molecule has 2 aliphatic rings. The van der Waals surface area contributed by atoms with Gasteiger partial charge in [-0.1, -0.05) is 40.0 Å². The molecular weight excluding hydrogens is 220 g/mol. The van der Waals surface area contributed by atoms with Crippen LogP contribution < -0.4 is 5.32 Å². The van der Waals surface area contributed by atoms with Gasteiger partial charge in [0, 0.05) is 31.2 Å². The first kappa shape index (κ1) is 14.3. The zero-order chi connectivity index (χ0) is 13.0. The fraction of sp³-hybridized carbons (Fsp3) is 1.00. The van der Waals surface area contributed by atoms with Crippen molar-refractivity contribution in [2.45, 2.75) is 83.8 Å². The maximum atomic E-state index is 3.76. The minimum absolute atomic E-state index is 0.745. The van der Waals surface area contributed by atoms with Gasteiger partial charge in [0.15, 0.2) is 0 Å². The summed E-state index contributed by atoms with van der Waals surface area (Å²) >= 11 is 0. The molecule has 0 aromatic heterocycles. The van der Waals surface area contributed by atoms with E-state index >= 15 is 0 Å². The lowest BCUT2D eigenvalue weighted by molar-refractivity contribution is 0.0475. The molecule has 1 aliphatic carbocycles. The van der Waals surface area contributed by atoms with Crippen molar-refractivity contribution in [1.29, 1.82) is 0 Å². The van der Waals surface area contributed by atoms with Gasteiger partial charge in [-0.3, -0.25) is 4.90 Å². The van der Waals surface area contributed by atoms with Crippen molar-refractivity contribution in [2.75, 3.05) is 13.1 Å². The highest BCUT2D eigenvalue weighted by Crippen LogP contribution is 2.30. The second-order valence-corrected chi connectivity index (χ2v) is 6.58. The molecule has 0 radical (unpaired) electrons. The first-order valence-corrected chi connectivity index (χ1v) is 8.23. The molecular formula is C16H32N2. The van der Waals surface area contributed by atoms with Crippen LogP contribution in [0.1, 0.15) is 65.7 Å². The van der Waals surface area contributed by atoms with Crippen LogP contribution in [0.2, 0.25) is 0 Å². The number of hydrogen-bond acceptors (Lipinski definition) is 2. The van der Waals surface area contributed by atoms with Crippen LogP contribution in [0.5, 0.6) is 0 Å². The predicted octanol–water partition coefficient (Wildman–Crippen LogP) is 3.42. The molecule has 2 nitrogen and oxygen atoms in total. The minimum atomic E-state index is 0.745. The van der Waals surface area contributed by atoms with Crippen LogP contribution in [-0.4, -0.2) is 36.1 Å². The third-order valence-corrected chi connectivity index (χ3v) is 5.03. The van der Waals surface area contributed by atoms with E-state index in [1.54, 1.807) is 0 Å². The van der Waals surface area contributed by atoms with Gasteiger partial charge in [0.2, 0.25) is 0 Å². The van der Waals surface area contributed by atoms with Crippen molar-refractivity contribution in [2.24, 2.45) is 5.92 Å². The van der Waals surface area contributed by atoms with Crippen LogP contribution in [0.15, 0.2) is 0 Å². The molecule has 0 spiro atoms. The molecule has 1 aliphatic heterocycles. The largest absolute Gasteiger partial charge is 0.311 e. The molecule has 1 saturated carbocycles. The van der Waals surface area contributed by atoms with E-state index in [4.69, 9.17) is 0 Å². The zero-order valence-corrected chi connectivity index (χ0v) is 12.6. The highest BCUT2D eigenvalue weighted by molar-refractivity contribution is 4.91. The molecule has 2 heteroatoms. The van der Waals surface area contributed by atoms with Gasteiger partial charge in [0.1, 0.15) is 0 Å². The van der Waals surface area contributed by atoms with Crippen molar-refractivity contribution in [3.05, 3.63) is 0 Å². The van der Waals surface area contributed by atoms with E-state index in [9.17, 15) is 0 Å². The monoisotopic (exact) mass is 252 g/mol. The van der Waals surface area contributed by atoms with Crippen molar-refractivity contribution in [1.82, 2.24) is 10.2 Å². The van der Waals surface area contributed by atoms with E-state index in [1.807, 2.05) is 0 Å². The van der Waals surface area contributed by atoms with Gasteiger partial charge in [0.25, 0.3) is 0 Å². The summed E-state index contributed by atoms with van der Waals surface area (Å²) in [5, 5.41) is 3.76. The molecule has 1 heterocycles. The third-order valence-electron chi connectivity index (χ3n) is 5.03. The Kier molecular flexibility index (Phi) is 5.50. The lowest BCUT2D eigenvalue weighted by Crippen LogP contribution is -2.59. The SMILES string of the molecule is CCCC1CN(C2CCCC(C)C2)C(CC)CN1. The Labute approximate surface area is 114 Å². The highest BCUT2D eigenvalue weighted by Gasteiger charge is 2.33. The summed E-state index contributed by atoms with van der Waals surface area (Å²) in [5.41, 5.74) is 0. The summed E-state index contributed by atoms with van der Waals surface area (Å²) in [6, 6.07) is 2.41. The maximum Gasteiger partial charge on any atom is 0.0221 e. The number of hydrogen-bond donors (Lipinski definition) is 1. The Morgan fingerprint density at radius 1 is 1.22 bits per heavy atom. The molecule has 1 N–H and O–H groups in total. The second kappa shape index (κ2) is 6.91. The van der Waals surface area contributed by atoms with Gasteiger partial charge in [-0.25, -0.2) is 0 Å². The summed E-state index contributed by atoms with van der Waals surface area (Å²) in [7, 11) is 0. The summed E-state index contributed by atoms with van der Waals surface area (Å²) < 4.78 is 0. The molecule has 1 saturated heterocycles. The lowest BCUT2D eigenvalue weighted by Gasteiger charge is -2.46. The fourth-order valence-corrected chi connectivity index (χ4v) is 3.96. The van der Waals surface area contributed by atoms with Gasteiger partial charge in [-0.15, -0.1) is 0 Å². The Balaban J connectivity index is 1.96. The van der Waals surface area contributed by atoms with Gasteiger partial charge in [-0.2, -0.15) is 0 Å². The Morgan fingerprint density at radius 3 is 2.72 bits per heavy atom. The predicted molar refractivity (Wildman–Crippen MR) is 78.9 cm³/mol. The highest BCUT2D eigenvalue weighted by atomic mass is 15.3. The molecule has 2 rings (SSSR count). The van der Waals surface area contributed by atoms with E-state index in [0.29, 0.717) is 0 Å². The summed E-state index contributed by atoms with van der Waals surface area (Å²) in [4.78, 5) is 2.87. The van der Waals surface area contributed by atoms with Crippen LogP contribution in [0.4, 0.5) is 0 Å². The van der Waals surface area contributed by atoms with Gasteiger partial charge < -0.3 is 5.32 Å². The quantitative estimate of drug-likeness (QED) is 0.825. The van der Waals surface area contributed by atoms with E-state index in [2.05, 4.69) is 31.0 Å².